The molecule has 0 aliphatic rings. The molecule has 0 saturated carbocycles. The first-order valence-corrected chi connectivity index (χ1v) is 4.68. The second-order valence-corrected chi connectivity index (χ2v) is 3.72. The summed E-state index contributed by atoms with van der Waals surface area (Å²) < 4.78 is 38.1. The third-order valence-corrected chi connectivity index (χ3v) is 2.40. The van der Waals surface area contributed by atoms with Crippen LogP contribution in [-0.4, -0.2) is 5.11 Å². The summed E-state index contributed by atoms with van der Waals surface area (Å²) in [6.45, 7) is 1.79. The number of rotatable bonds is 0. The molecule has 0 spiro atoms. The van der Waals surface area contributed by atoms with Crippen LogP contribution in [0, 0.1) is 6.92 Å². The molecule has 1 N–H and O–H groups in total. The Morgan fingerprint density at radius 3 is 2.38 bits per heavy atom. The van der Waals surface area contributed by atoms with Gasteiger partial charge in [0.25, 0.3) is 0 Å². The SMILES string of the molecule is Cc1ccc2c(C(F)(F)F)cc(O)cc2c1. The molecule has 0 aliphatic carbocycles. The fourth-order valence-electron chi connectivity index (χ4n) is 1.71. The largest absolute Gasteiger partial charge is 0.508 e. The van der Waals surface area contributed by atoms with E-state index in [9.17, 15) is 18.3 Å². The average Bonchev–Trinajstić information content (AvgIpc) is 2.14. The molecule has 0 unspecified atom stereocenters. The van der Waals surface area contributed by atoms with Gasteiger partial charge in [-0.3, -0.25) is 0 Å². The third kappa shape index (κ3) is 1.83. The van der Waals surface area contributed by atoms with E-state index in [4.69, 9.17) is 0 Å². The van der Waals surface area contributed by atoms with E-state index in [1.54, 1.807) is 19.1 Å². The quantitative estimate of drug-likeness (QED) is 0.722. The van der Waals surface area contributed by atoms with Crippen molar-refractivity contribution >= 4 is 10.8 Å². The van der Waals surface area contributed by atoms with Crippen LogP contribution in [0.15, 0.2) is 30.3 Å². The Morgan fingerprint density at radius 1 is 1.06 bits per heavy atom. The summed E-state index contributed by atoms with van der Waals surface area (Å²) >= 11 is 0. The maximum absolute atomic E-state index is 12.7. The smallest absolute Gasteiger partial charge is 0.417 e. The van der Waals surface area contributed by atoms with Gasteiger partial charge in [-0.2, -0.15) is 13.2 Å². The van der Waals surface area contributed by atoms with Gasteiger partial charge in [0.15, 0.2) is 0 Å². The number of alkyl halides is 3. The first kappa shape index (κ1) is 10.8. The van der Waals surface area contributed by atoms with Crippen molar-refractivity contribution in [2.24, 2.45) is 0 Å². The van der Waals surface area contributed by atoms with Gasteiger partial charge in [0.2, 0.25) is 0 Å². The van der Waals surface area contributed by atoms with Crippen LogP contribution in [0.25, 0.3) is 10.8 Å². The fourth-order valence-corrected chi connectivity index (χ4v) is 1.71. The fraction of sp³-hybridized carbons (Fsp3) is 0.167. The summed E-state index contributed by atoms with van der Waals surface area (Å²) in [6.07, 6.45) is -4.45. The summed E-state index contributed by atoms with van der Waals surface area (Å²) in [5.41, 5.74) is 0.0497. The van der Waals surface area contributed by atoms with Gasteiger partial charge in [-0.15, -0.1) is 0 Å². The molecule has 0 saturated heterocycles. The van der Waals surface area contributed by atoms with Crippen LogP contribution in [0.5, 0.6) is 5.75 Å². The second kappa shape index (κ2) is 3.40. The zero-order valence-corrected chi connectivity index (χ0v) is 8.47. The third-order valence-electron chi connectivity index (χ3n) is 2.40. The molecular formula is C12H9F3O. The van der Waals surface area contributed by atoms with Crippen molar-refractivity contribution in [2.45, 2.75) is 13.1 Å². The van der Waals surface area contributed by atoms with Crippen molar-refractivity contribution in [2.75, 3.05) is 0 Å². The monoisotopic (exact) mass is 226 g/mol. The molecule has 16 heavy (non-hydrogen) atoms. The van der Waals surface area contributed by atoms with E-state index in [0.717, 1.165) is 11.6 Å². The van der Waals surface area contributed by atoms with Crippen molar-refractivity contribution in [3.8, 4) is 5.75 Å². The number of fused-ring (bicyclic) bond motifs is 1. The lowest BCUT2D eigenvalue weighted by atomic mass is 10.0. The van der Waals surface area contributed by atoms with Crippen molar-refractivity contribution in [1.29, 1.82) is 0 Å². The first-order chi connectivity index (χ1) is 7.38. The van der Waals surface area contributed by atoms with Gasteiger partial charge < -0.3 is 5.11 Å². The molecule has 0 amide bonds. The van der Waals surface area contributed by atoms with E-state index in [1.165, 1.54) is 12.1 Å². The average molecular weight is 226 g/mol. The molecule has 0 radical (unpaired) electrons. The van der Waals surface area contributed by atoms with Crippen LogP contribution in [0.4, 0.5) is 13.2 Å². The van der Waals surface area contributed by atoms with Gasteiger partial charge in [-0.25, -0.2) is 0 Å². The van der Waals surface area contributed by atoms with E-state index in [-0.39, 0.29) is 11.1 Å². The van der Waals surface area contributed by atoms with Gasteiger partial charge in [0.05, 0.1) is 5.56 Å². The van der Waals surface area contributed by atoms with E-state index < -0.39 is 11.7 Å². The van der Waals surface area contributed by atoms with Crippen LogP contribution in [0.2, 0.25) is 0 Å². The van der Waals surface area contributed by atoms with Crippen LogP contribution >= 0.6 is 0 Å². The van der Waals surface area contributed by atoms with Crippen molar-refractivity contribution in [3.63, 3.8) is 0 Å². The van der Waals surface area contributed by atoms with Gasteiger partial charge in [-0.1, -0.05) is 23.8 Å². The highest BCUT2D eigenvalue weighted by molar-refractivity contribution is 5.88. The molecule has 0 atom stereocenters. The number of hydrogen-bond donors (Lipinski definition) is 1. The van der Waals surface area contributed by atoms with Crippen molar-refractivity contribution in [3.05, 3.63) is 41.5 Å². The lowest BCUT2D eigenvalue weighted by Crippen LogP contribution is -2.05. The molecule has 84 valence electrons. The van der Waals surface area contributed by atoms with E-state index in [1.807, 2.05) is 0 Å². The van der Waals surface area contributed by atoms with E-state index >= 15 is 0 Å². The molecule has 1 nitrogen and oxygen atoms in total. The van der Waals surface area contributed by atoms with Crippen LogP contribution < -0.4 is 0 Å². The Kier molecular flexibility index (Phi) is 2.30. The Balaban J connectivity index is 2.83. The Hall–Kier alpha value is -1.71. The van der Waals surface area contributed by atoms with E-state index in [2.05, 4.69) is 0 Å². The van der Waals surface area contributed by atoms with Crippen molar-refractivity contribution < 1.29 is 18.3 Å². The van der Waals surface area contributed by atoms with Crippen molar-refractivity contribution in [1.82, 2.24) is 0 Å². The Bertz CT molecular complexity index is 538. The standard InChI is InChI=1S/C12H9F3O/c1-7-2-3-10-8(4-7)5-9(16)6-11(10)12(13,14)15/h2-6,16H,1H3. The summed E-state index contributed by atoms with van der Waals surface area (Å²) in [4.78, 5) is 0. The lowest BCUT2D eigenvalue weighted by Gasteiger charge is -2.11. The molecular weight excluding hydrogens is 217 g/mol. The van der Waals surface area contributed by atoms with Crippen LogP contribution in [0.3, 0.4) is 0 Å². The molecule has 0 fully saturated rings. The summed E-state index contributed by atoms with van der Waals surface area (Å²) in [5, 5.41) is 9.77. The van der Waals surface area contributed by atoms with Gasteiger partial charge >= 0.3 is 6.18 Å². The number of hydrogen-bond acceptors (Lipinski definition) is 1. The topological polar surface area (TPSA) is 20.2 Å². The highest BCUT2D eigenvalue weighted by Gasteiger charge is 2.33. The maximum atomic E-state index is 12.7. The van der Waals surface area contributed by atoms with Gasteiger partial charge in [-0.05, 0) is 29.8 Å². The number of aromatic hydroxyl groups is 1. The normalized spacial score (nSPS) is 12.0. The Labute approximate surface area is 90.1 Å². The minimum Gasteiger partial charge on any atom is -0.508 e. The summed E-state index contributed by atoms with van der Waals surface area (Å²) in [6, 6.07) is 6.74. The minimum atomic E-state index is -4.45. The zero-order chi connectivity index (χ0) is 11.9. The molecule has 0 heterocycles. The lowest BCUT2D eigenvalue weighted by molar-refractivity contribution is -0.136. The number of phenols is 1. The molecule has 0 bridgehead atoms. The summed E-state index contributed by atoms with van der Waals surface area (Å²) in [7, 11) is 0. The molecule has 2 rings (SSSR count). The van der Waals surface area contributed by atoms with Gasteiger partial charge in [0, 0.05) is 0 Å². The first-order valence-electron chi connectivity index (χ1n) is 4.68. The predicted octanol–water partition coefficient (Wildman–Crippen LogP) is 3.87. The molecule has 0 aromatic heterocycles. The second-order valence-electron chi connectivity index (χ2n) is 3.72. The van der Waals surface area contributed by atoms with E-state index in [0.29, 0.717) is 5.39 Å². The number of aryl methyl sites for hydroxylation is 1. The number of halogens is 3. The van der Waals surface area contributed by atoms with Crippen LogP contribution in [-0.2, 0) is 6.18 Å². The number of benzene rings is 2. The van der Waals surface area contributed by atoms with Gasteiger partial charge in [0.1, 0.15) is 5.75 Å². The Morgan fingerprint density at radius 2 is 1.75 bits per heavy atom. The highest BCUT2D eigenvalue weighted by atomic mass is 19.4. The number of phenolic OH excluding ortho intramolecular Hbond substituents is 1. The molecule has 0 aliphatic heterocycles. The van der Waals surface area contributed by atoms with Crippen LogP contribution in [0.1, 0.15) is 11.1 Å². The molecule has 2 aromatic carbocycles. The molecule has 2 aromatic rings. The molecule has 4 heteroatoms. The highest BCUT2D eigenvalue weighted by Crippen LogP contribution is 2.37. The zero-order valence-electron chi connectivity index (χ0n) is 8.47. The minimum absolute atomic E-state index is 0.107. The summed E-state index contributed by atoms with van der Waals surface area (Å²) in [5.74, 6) is -0.370. The maximum Gasteiger partial charge on any atom is 0.417 e. The predicted molar refractivity (Wildman–Crippen MR) is 55.4 cm³/mol.